The number of hydrogen-bond donors (Lipinski definition) is 0. The van der Waals surface area contributed by atoms with E-state index in [4.69, 9.17) is 0 Å². The van der Waals surface area contributed by atoms with Crippen LogP contribution in [0.2, 0.25) is 0 Å². The molecule has 0 aromatic carbocycles. The first kappa shape index (κ1) is 30.7. The maximum Gasteiger partial charge on any atom is 0.475 e. The van der Waals surface area contributed by atoms with E-state index in [1.807, 2.05) is 0 Å². The second kappa shape index (κ2) is 9.43. The SMILES string of the molecule is FC(F)(F)Br.FC(F)(F)Cl.FC(F)Cl.FC1(F)C(F)(F)C(F)(F)C1(F)F. The highest BCUT2D eigenvalue weighted by Crippen LogP contribution is 2.69. The smallest absolute Gasteiger partial charge is 0.192 e. The first-order valence-electron chi connectivity index (χ1n) is 4.68. The third kappa shape index (κ3) is 9.75. The van der Waals surface area contributed by atoms with Crippen molar-refractivity contribution in [3.05, 3.63) is 0 Å². The molecule has 0 N–H and O–H groups in total. The van der Waals surface area contributed by atoms with Gasteiger partial charge in [0.1, 0.15) is 0 Å². The molecule has 26 heavy (non-hydrogen) atoms. The molecule has 162 valence electrons. The Bertz CT molecular complexity index is 321. The molecular weight excluding hydrogens is 539 g/mol. The van der Waals surface area contributed by atoms with Crippen LogP contribution >= 0.6 is 39.1 Å². The average molecular weight is 540 g/mol. The summed E-state index contributed by atoms with van der Waals surface area (Å²) < 4.78 is 174. The van der Waals surface area contributed by atoms with Gasteiger partial charge in [-0.05, 0) is 11.6 Å². The van der Waals surface area contributed by atoms with Crippen LogP contribution in [0.5, 0.6) is 0 Å². The van der Waals surface area contributed by atoms with E-state index < -0.39 is 40.3 Å². The minimum atomic E-state index is -5.97. The van der Waals surface area contributed by atoms with Gasteiger partial charge in [0.2, 0.25) is 0 Å². The largest absolute Gasteiger partial charge is 0.475 e. The molecule has 0 aromatic rings. The van der Waals surface area contributed by atoms with Crippen LogP contribution in [-0.2, 0) is 0 Å². The second-order valence-corrected chi connectivity index (χ2v) is 5.06. The third-order valence-corrected chi connectivity index (χ3v) is 1.58. The van der Waals surface area contributed by atoms with E-state index in [9.17, 15) is 70.2 Å². The van der Waals surface area contributed by atoms with Gasteiger partial charge in [-0.15, -0.1) is 0 Å². The van der Waals surface area contributed by atoms with Crippen LogP contribution in [-0.4, -0.2) is 40.3 Å². The van der Waals surface area contributed by atoms with Gasteiger partial charge in [0, 0.05) is 15.9 Å². The van der Waals surface area contributed by atoms with Crippen LogP contribution in [0.4, 0.5) is 70.2 Å². The maximum absolute atomic E-state index is 11.6. The normalized spacial score (nSPS) is 21.7. The van der Waals surface area contributed by atoms with Crippen LogP contribution in [0.3, 0.4) is 0 Å². The first-order chi connectivity index (χ1) is 10.7. The number of hydrogen-bond acceptors (Lipinski definition) is 0. The summed E-state index contributed by atoms with van der Waals surface area (Å²) in [6.07, 6.45) is 0. The zero-order chi connectivity index (χ0) is 22.6. The van der Waals surface area contributed by atoms with Gasteiger partial charge in [-0.25, -0.2) is 0 Å². The van der Waals surface area contributed by atoms with Gasteiger partial charge in [0.25, 0.3) is 0 Å². The lowest BCUT2D eigenvalue weighted by atomic mass is 9.80. The van der Waals surface area contributed by atoms with Gasteiger partial charge < -0.3 is 0 Å². The zero-order valence-electron chi connectivity index (χ0n) is 10.8. The summed E-state index contributed by atoms with van der Waals surface area (Å²) in [5.41, 5.74) is -4.53. The predicted molar refractivity (Wildman–Crippen MR) is 58.5 cm³/mol. The van der Waals surface area contributed by atoms with Crippen molar-refractivity contribution in [2.75, 3.05) is 0 Å². The summed E-state index contributed by atoms with van der Waals surface area (Å²) in [7, 11) is 0. The van der Waals surface area contributed by atoms with E-state index in [0.717, 1.165) is 0 Å². The van der Waals surface area contributed by atoms with E-state index in [-0.39, 0.29) is 0 Å². The molecule has 0 atom stereocenters. The molecule has 0 aliphatic heterocycles. The fraction of sp³-hybridized carbons (Fsp3) is 1.00. The maximum atomic E-state index is 11.6. The first-order valence-corrected chi connectivity index (χ1v) is 6.29. The Labute approximate surface area is 150 Å². The van der Waals surface area contributed by atoms with Gasteiger partial charge in [0.05, 0.1) is 0 Å². The zero-order valence-corrected chi connectivity index (χ0v) is 13.9. The van der Waals surface area contributed by atoms with Crippen molar-refractivity contribution in [3.8, 4) is 0 Å². The van der Waals surface area contributed by atoms with Crippen LogP contribution in [0.15, 0.2) is 0 Å². The highest BCUT2D eigenvalue weighted by Gasteiger charge is 3.01. The molecule has 0 nitrogen and oxygen atoms in total. The molecule has 0 radical (unpaired) electrons. The topological polar surface area (TPSA) is 0 Å². The third-order valence-electron chi connectivity index (χ3n) is 1.58. The van der Waals surface area contributed by atoms with E-state index in [2.05, 4.69) is 23.2 Å². The molecule has 0 aromatic heterocycles. The summed E-state index contributed by atoms with van der Waals surface area (Å²) in [5, 5.41) is -4.19. The van der Waals surface area contributed by atoms with Crippen LogP contribution < -0.4 is 0 Å². The molecular formula is C7HBrCl2F16. The molecule has 0 bridgehead atoms. The van der Waals surface area contributed by atoms with E-state index in [0.29, 0.717) is 0 Å². The number of alkyl halides is 19. The Kier molecular flexibility index (Phi) is 11.1. The second-order valence-electron chi connectivity index (χ2n) is 3.40. The van der Waals surface area contributed by atoms with Crippen molar-refractivity contribution >= 4 is 39.1 Å². The van der Waals surface area contributed by atoms with E-state index in [1.165, 1.54) is 15.9 Å². The van der Waals surface area contributed by atoms with E-state index in [1.54, 1.807) is 0 Å². The number of rotatable bonds is 0. The Morgan fingerprint density at radius 1 is 0.615 bits per heavy atom. The predicted octanol–water partition coefficient (Wildman–Crippen LogP) is 7.64. The molecule has 0 unspecified atom stereocenters. The van der Waals surface area contributed by atoms with Crippen LogP contribution in [0, 0.1) is 0 Å². The van der Waals surface area contributed by atoms with Gasteiger partial charge in [-0.1, -0.05) is 11.6 Å². The molecule has 1 fully saturated rings. The van der Waals surface area contributed by atoms with Gasteiger partial charge >= 0.3 is 40.3 Å². The monoisotopic (exact) mass is 538 g/mol. The molecule has 1 aliphatic rings. The van der Waals surface area contributed by atoms with Gasteiger partial charge in [-0.3, -0.25) is 0 Å². The molecule has 0 spiro atoms. The fourth-order valence-electron chi connectivity index (χ4n) is 0.726. The lowest BCUT2D eigenvalue weighted by molar-refractivity contribution is -0.506. The van der Waals surface area contributed by atoms with Crippen molar-refractivity contribution in [1.29, 1.82) is 0 Å². The Morgan fingerprint density at radius 3 is 0.692 bits per heavy atom. The van der Waals surface area contributed by atoms with Crippen molar-refractivity contribution in [1.82, 2.24) is 0 Å². The van der Waals surface area contributed by atoms with Crippen molar-refractivity contribution < 1.29 is 70.2 Å². The quantitative estimate of drug-likeness (QED) is 0.219. The fourth-order valence-corrected chi connectivity index (χ4v) is 0.726. The highest BCUT2D eigenvalue weighted by molar-refractivity contribution is 9.09. The minimum Gasteiger partial charge on any atom is -0.192 e. The Morgan fingerprint density at radius 2 is 0.654 bits per heavy atom. The number of halogens is 19. The summed E-state index contributed by atoms with van der Waals surface area (Å²) in [4.78, 5) is 0. The Balaban J connectivity index is -0.000000316. The molecule has 0 heterocycles. The minimum absolute atomic E-state index is 1.38. The standard InChI is InChI=1S/C4F8.CBrF3.CClF3.CHClF2/c5-1(6)2(7,8)4(11,12)3(1,9)10;2*2-1(3,4)5;2-1(3)4/h;;;1H. The molecule has 0 amide bonds. The average Bonchev–Trinajstić information content (AvgIpc) is 2.21. The lowest BCUT2D eigenvalue weighted by Gasteiger charge is -2.49. The summed E-state index contributed by atoms with van der Waals surface area (Å²) in [6, 6.07) is 0. The van der Waals surface area contributed by atoms with Crippen LogP contribution in [0.25, 0.3) is 0 Å². The van der Waals surface area contributed by atoms with Gasteiger partial charge in [0.15, 0.2) is 0 Å². The van der Waals surface area contributed by atoms with E-state index >= 15 is 0 Å². The molecule has 0 saturated heterocycles. The summed E-state index contributed by atoms with van der Waals surface area (Å²) in [6.45, 7) is 0. The highest BCUT2D eigenvalue weighted by atomic mass is 79.9. The molecule has 19 heteroatoms. The molecule has 1 aliphatic carbocycles. The Hall–Kier alpha value is -0.0600. The van der Waals surface area contributed by atoms with Crippen molar-refractivity contribution in [3.63, 3.8) is 0 Å². The molecule has 1 rings (SSSR count). The van der Waals surface area contributed by atoms with Gasteiger partial charge in [-0.2, -0.15) is 70.2 Å². The summed E-state index contributed by atoms with van der Waals surface area (Å²) >= 11 is 8.85. The van der Waals surface area contributed by atoms with Crippen molar-refractivity contribution in [2.45, 2.75) is 40.3 Å². The lowest BCUT2D eigenvalue weighted by Crippen LogP contribution is -2.82. The summed E-state index contributed by atoms with van der Waals surface area (Å²) in [5.74, 6) is -26.6. The van der Waals surface area contributed by atoms with Crippen LogP contribution in [0.1, 0.15) is 0 Å². The van der Waals surface area contributed by atoms with Crippen molar-refractivity contribution in [2.24, 2.45) is 0 Å². The molecule has 1 saturated carbocycles.